The molecule has 0 aliphatic carbocycles. The molecule has 1 atom stereocenters. The largest absolute Gasteiger partial charge is 0.388 e. The van der Waals surface area contributed by atoms with Crippen LogP contribution in [0.15, 0.2) is 35.3 Å². The molecular weight excluding hydrogens is 276 g/mol. The third kappa shape index (κ3) is 5.05. The van der Waals surface area contributed by atoms with Crippen LogP contribution in [0.4, 0.5) is 0 Å². The summed E-state index contributed by atoms with van der Waals surface area (Å²) in [5, 5.41) is 10.1. The zero-order chi connectivity index (χ0) is 12.7. The molecule has 0 aromatic heterocycles. The van der Waals surface area contributed by atoms with Crippen LogP contribution in [0.2, 0.25) is 0 Å². The van der Waals surface area contributed by atoms with Crippen molar-refractivity contribution in [2.45, 2.75) is 45.1 Å². The van der Waals surface area contributed by atoms with Crippen LogP contribution in [0.3, 0.4) is 0 Å². The zero-order valence-electron chi connectivity index (χ0n) is 10.5. The van der Waals surface area contributed by atoms with Crippen molar-refractivity contribution in [3.05, 3.63) is 46.5 Å². The van der Waals surface area contributed by atoms with Gasteiger partial charge in [0.25, 0.3) is 0 Å². The van der Waals surface area contributed by atoms with E-state index in [-0.39, 0.29) is 6.10 Å². The van der Waals surface area contributed by atoms with E-state index in [1.807, 2.05) is 25.1 Å². The number of allylic oxidation sites excluding steroid dienone is 1. The molecule has 0 fully saturated rings. The maximum atomic E-state index is 10.1. The fraction of sp³-hybridized carbons (Fsp3) is 0.467. The number of benzene rings is 1. The smallest absolute Gasteiger partial charge is 0.0790 e. The summed E-state index contributed by atoms with van der Waals surface area (Å²) in [4.78, 5) is 0. The van der Waals surface area contributed by atoms with Crippen LogP contribution in [-0.4, -0.2) is 5.11 Å². The Labute approximate surface area is 113 Å². The van der Waals surface area contributed by atoms with Gasteiger partial charge in [0.2, 0.25) is 0 Å². The minimum atomic E-state index is -0.328. The molecule has 1 nitrogen and oxygen atoms in total. The van der Waals surface area contributed by atoms with E-state index >= 15 is 0 Å². The minimum absolute atomic E-state index is 0.328. The summed E-state index contributed by atoms with van der Waals surface area (Å²) >= 11 is 3.47. The van der Waals surface area contributed by atoms with E-state index in [4.69, 9.17) is 0 Å². The SMILES string of the molecule is C=CCCCCCC(O)c1ccc(Br)c(C)c1. The molecule has 0 radical (unpaired) electrons. The highest BCUT2D eigenvalue weighted by molar-refractivity contribution is 9.10. The summed E-state index contributed by atoms with van der Waals surface area (Å²) in [6.45, 7) is 5.75. The predicted molar refractivity (Wildman–Crippen MR) is 77.1 cm³/mol. The Bertz CT molecular complexity index is 360. The van der Waals surface area contributed by atoms with Crippen LogP contribution < -0.4 is 0 Å². The number of aryl methyl sites for hydroxylation is 1. The van der Waals surface area contributed by atoms with Crippen LogP contribution in [-0.2, 0) is 0 Å². The van der Waals surface area contributed by atoms with Crippen LogP contribution in [0.5, 0.6) is 0 Å². The first-order chi connectivity index (χ1) is 8.15. The first kappa shape index (κ1) is 14.5. The molecule has 1 unspecified atom stereocenters. The lowest BCUT2D eigenvalue weighted by Gasteiger charge is -2.12. The first-order valence-corrected chi connectivity index (χ1v) is 6.99. The molecule has 0 aliphatic rings. The average Bonchev–Trinajstić information content (AvgIpc) is 2.32. The number of halogens is 1. The monoisotopic (exact) mass is 296 g/mol. The fourth-order valence-corrected chi connectivity index (χ4v) is 2.09. The van der Waals surface area contributed by atoms with Crippen molar-refractivity contribution in [1.29, 1.82) is 0 Å². The number of aliphatic hydroxyl groups excluding tert-OH is 1. The molecule has 0 aliphatic heterocycles. The lowest BCUT2D eigenvalue weighted by atomic mass is 10.0. The lowest BCUT2D eigenvalue weighted by Crippen LogP contribution is -1.98. The summed E-state index contributed by atoms with van der Waals surface area (Å²) in [5.41, 5.74) is 2.20. The van der Waals surface area contributed by atoms with Crippen LogP contribution in [0, 0.1) is 6.92 Å². The summed E-state index contributed by atoms with van der Waals surface area (Å²) < 4.78 is 1.10. The van der Waals surface area contributed by atoms with Crippen LogP contribution in [0.25, 0.3) is 0 Å². The van der Waals surface area contributed by atoms with Gasteiger partial charge in [0.05, 0.1) is 6.10 Å². The Balaban J connectivity index is 2.38. The maximum absolute atomic E-state index is 10.1. The van der Waals surface area contributed by atoms with Gasteiger partial charge < -0.3 is 5.11 Å². The van der Waals surface area contributed by atoms with Crippen LogP contribution in [0.1, 0.15) is 49.3 Å². The van der Waals surface area contributed by atoms with Crippen molar-refractivity contribution in [2.24, 2.45) is 0 Å². The topological polar surface area (TPSA) is 20.2 Å². The number of hydrogen-bond donors (Lipinski definition) is 1. The Morgan fingerprint density at radius 3 is 2.76 bits per heavy atom. The normalized spacial score (nSPS) is 12.4. The molecule has 0 heterocycles. The highest BCUT2D eigenvalue weighted by Gasteiger charge is 2.08. The third-order valence-corrected chi connectivity index (χ3v) is 3.84. The summed E-state index contributed by atoms with van der Waals surface area (Å²) in [5.74, 6) is 0. The Hall–Kier alpha value is -0.600. The van der Waals surface area contributed by atoms with Gasteiger partial charge in [-0.15, -0.1) is 6.58 Å². The Morgan fingerprint density at radius 1 is 1.35 bits per heavy atom. The molecule has 0 spiro atoms. The predicted octanol–water partition coefficient (Wildman–Crippen LogP) is 4.93. The second kappa shape index (κ2) is 7.67. The van der Waals surface area contributed by atoms with E-state index in [1.165, 1.54) is 18.4 Å². The van der Waals surface area contributed by atoms with Gasteiger partial charge in [0, 0.05) is 4.47 Å². The van der Waals surface area contributed by atoms with Gasteiger partial charge in [-0.2, -0.15) is 0 Å². The molecule has 0 saturated heterocycles. The highest BCUT2D eigenvalue weighted by atomic mass is 79.9. The fourth-order valence-electron chi connectivity index (χ4n) is 1.84. The van der Waals surface area contributed by atoms with Crippen molar-refractivity contribution in [1.82, 2.24) is 0 Å². The average molecular weight is 297 g/mol. The first-order valence-electron chi connectivity index (χ1n) is 6.20. The second-order valence-electron chi connectivity index (χ2n) is 4.45. The minimum Gasteiger partial charge on any atom is -0.388 e. The van der Waals surface area contributed by atoms with Crippen molar-refractivity contribution < 1.29 is 5.11 Å². The molecule has 0 saturated carbocycles. The van der Waals surface area contributed by atoms with Gasteiger partial charge in [0.1, 0.15) is 0 Å². The van der Waals surface area contributed by atoms with E-state index in [1.54, 1.807) is 0 Å². The van der Waals surface area contributed by atoms with Crippen LogP contribution >= 0.6 is 15.9 Å². The maximum Gasteiger partial charge on any atom is 0.0790 e. The number of hydrogen-bond acceptors (Lipinski definition) is 1. The van der Waals surface area contributed by atoms with E-state index < -0.39 is 0 Å². The summed E-state index contributed by atoms with van der Waals surface area (Å²) in [7, 11) is 0. The van der Waals surface area contributed by atoms with E-state index in [2.05, 4.69) is 28.6 Å². The van der Waals surface area contributed by atoms with Gasteiger partial charge in [-0.25, -0.2) is 0 Å². The van der Waals surface area contributed by atoms with Gasteiger partial charge in [0.15, 0.2) is 0 Å². The van der Waals surface area contributed by atoms with Crippen molar-refractivity contribution in [3.63, 3.8) is 0 Å². The molecule has 17 heavy (non-hydrogen) atoms. The van der Waals surface area contributed by atoms with E-state index in [0.29, 0.717) is 0 Å². The summed E-state index contributed by atoms with van der Waals surface area (Å²) in [6, 6.07) is 6.05. The van der Waals surface area contributed by atoms with Crippen molar-refractivity contribution in [3.8, 4) is 0 Å². The van der Waals surface area contributed by atoms with Crippen molar-refractivity contribution >= 4 is 15.9 Å². The molecule has 2 heteroatoms. The molecular formula is C15H21BrO. The molecule has 1 N–H and O–H groups in total. The lowest BCUT2D eigenvalue weighted by molar-refractivity contribution is 0.163. The zero-order valence-corrected chi connectivity index (χ0v) is 12.0. The van der Waals surface area contributed by atoms with Gasteiger partial charge in [-0.1, -0.05) is 47.0 Å². The number of rotatable bonds is 7. The quantitative estimate of drug-likeness (QED) is 0.559. The molecule has 0 amide bonds. The molecule has 1 rings (SSSR count). The molecule has 94 valence electrons. The highest BCUT2D eigenvalue weighted by Crippen LogP contribution is 2.24. The standard InChI is InChI=1S/C15H21BrO/c1-3-4-5-6-7-8-15(17)13-9-10-14(16)12(2)11-13/h3,9-11,15,17H,1,4-8H2,2H3. The van der Waals surface area contributed by atoms with Gasteiger partial charge >= 0.3 is 0 Å². The number of aliphatic hydroxyl groups is 1. The second-order valence-corrected chi connectivity index (χ2v) is 5.31. The van der Waals surface area contributed by atoms with E-state index in [9.17, 15) is 5.11 Å². The summed E-state index contributed by atoms with van der Waals surface area (Å²) in [6.07, 6.45) is 6.96. The number of unbranched alkanes of at least 4 members (excludes halogenated alkanes) is 3. The van der Waals surface area contributed by atoms with E-state index in [0.717, 1.165) is 29.3 Å². The van der Waals surface area contributed by atoms with Gasteiger partial charge in [-0.3, -0.25) is 0 Å². The Morgan fingerprint density at radius 2 is 2.12 bits per heavy atom. The molecule has 1 aromatic rings. The molecule has 0 bridgehead atoms. The van der Waals surface area contributed by atoms with Crippen molar-refractivity contribution in [2.75, 3.05) is 0 Å². The Kier molecular flexibility index (Phi) is 6.53. The molecule has 1 aromatic carbocycles. The third-order valence-electron chi connectivity index (χ3n) is 2.95. The van der Waals surface area contributed by atoms with Gasteiger partial charge in [-0.05, 0) is 43.4 Å².